The molecule has 0 aliphatic carbocycles. The number of nitrogens with two attached hydrogens (primary N) is 1. The van der Waals surface area contributed by atoms with Crippen LogP contribution in [0.15, 0.2) is 15.5 Å². The van der Waals surface area contributed by atoms with Gasteiger partial charge in [0, 0.05) is 19.3 Å². The first kappa shape index (κ1) is 14.3. The highest BCUT2D eigenvalue weighted by Gasteiger charge is 2.08. The lowest BCUT2D eigenvalue weighted by molar-refractivity contribution is 0.102. The third-order valence-corrected chi connectivity index (χ3v) is 3.37. The molecule has 1 aromatic rings. The van der Waals surface area contributed by atoms with E-state index in [1.807, 2.05) is 6.92 Å². The number of nitrogen functional groups attached to an aromatic ring is 1. The number of anilines is 1. The summed E-state index contributed by atoms with van der Waals surface area (Å²) in [5, 5.41) is 0. The van der Waals surface area contributed by atoms with Gasteiger partial charge in [-0.2, -0.15) is 0 Å². The summed E-state index contributed by atoms with van der Waals surface area (Å²) in [5.74, 6) is 0.501. The van der Waals surface area contributed by atoms with Gasteiger partial charge < -0.3 is 15.0 Å². The Labute approximate surface area is 110 Å². The number of halogens is 1. The fourth-order valence-corrected chi connectivity index (χ4v) is 1.84. The van der Waals surface area contributed by atoms with E-state index in [1.54, 1.807) is 10.8 Å². The fourth-order valence-electron chi connectivity index (χ4n) is 1.38. The first-order chi connectivity index (χ1) is 7.93. The topological polar surface area (TPSA) is 57.2 Å². The van der Waals surface area contributed by atoms with Gasteiger partial charge in [-0.1, -0.05) is 13.8 Å². The molecule has 0 fully saturated rings. The van der Waals surface area contributed by atoms with E-state index in [4.69, 9.17) is 10.5 Å². The first-order valence-electron chi connectivity index (χ1n) is 5.66. The molecule has 0 saturated carbocycles. The zero-order valence-corrected chi connectivity index (χ0v) is 12.1. The van der Waals surface area contributed by atoms with Gasteiger partial charge in [-0.3, -0.25) is 4.79 Å². The van der Waals surface area contributed by atoms with Crippen LogP contribution in [-0.2, 0) is 11.3 Å². The summed E-state index contributed by atoms with van der Waals surface area (Å²) >= 11 is 3.26. The van der Waals surface area contributed by atoms with Crippen molar-refractivity contribution in [3.05, 3.63) is 26.6 Å². The third-order valence-electron chi connectivity index (χ3n) is 2.43. The van der Waals surface area contributed by atoms with Crippen molar-refractivity contribution in [1.82, 2.24) is 4.57 Å². The van der Waals surface area contributed by atoms with Crippen molar-refractivity contribution < 1.29 is 4.74 Å². The van der Waals surface area contributed by atoms with Gasteiger partial charge in [0.05, 0.1) is 16.8 Å². The molecular formula is C12H19BrN2O2. The smallest absolute Gasteiger partial charge is 0.265 e. The summed E-state index contributed by atoms with van der Waals surface area (Å²) in [6.45, 7) is 7.75. The maximum atomic E-state index is 11.9. The average Bonchev–Trinajstić information content (AvgIpc) is 2.27. The number of hydrogen-bond acceptors (Lipinski definition) is 3. The van der Waals surface area contributed by atoms with Crippen LogP contribution in [0.25, 0.3) is 0 Å². The molecule has 0 spiro atoms. The van der Waals surface area contributed by atoms with E-state index >= 15 is 0 Å². The second kappa shape index (κ2) is 6.21. The van der Waals surface area contributed by atoms with Crippen molar-refractivity contribution in [2.24, 2.45) is 5.92 Å². The van der Waals surface area contributed by atoms with E-state index in [-0.39, 0.29) is 5.56 Å². The number of pyridine rings is 1. The second-order valence-corrected chi connectivity index (χ2v) is 5.28. The minimum atomic E-state index is -0.0650. The monoisotopic (exact) mass is 302 g/mol. The quantitative estimate of drug-likeness (QED) is 0.848. The van der Waals surface area contributed by atoms with Gasteiger partial charge in [0.25, 0.3) is 5.56 Å². The van der Waals surface area contributed by atoms with Crippen LogP contribution in [0.5, 0.6) is 0 Å². The van der Waals surface area contributed by atoms with E-state index in [9.17, 15) is 4.79 Å². The first-order valence-corrected chi connectivity index (χ1v) is 6.45. The van der Waals surface area contributed by atoms with Crippen LogP contribution >= 0.6 is 15.9 Å². The van der Waals surface area contributed by atoms with Crippen LogP contribution in [0, 0.1) is 12.8 Å². The maximum Gasteiger partial charge on any atom is 0.265 e. The highest BCUT2D eigenvalue weighted by Crippen LogP contribution is 2.16. The van der Waals surface area contributed by atoms with Crippen LogP contribution in [0.2, 0.25) is 0 Å². The molecule has 2 N–H and O–H groups in total. The van der Waals surface area contributed by atoms with Gasteiger partial charge in [0.2, 0.25) is 0 Å². The third kappa shape index (κ3) is 3.85. The molecule has 0 aromatic carbocycles. The van der Waals surface area contributed by atoms with Crippen molar-refractivity contribution >= 4 is 21.6 Å². The van der Waals surface area contributed by atoms with Crippen LogP contribution in [0.1, 0.15) is 19.4 Å². The Kier molecular flexibility index (Phi) is 5.21. The Hall–Kier alpha value is -0.810. The molecule has 1 aromatic heterocycles. The summed E-state index contributed by atoms with van der Waals surface area (Å²) in [6, 6.07) is 0. The van der Waals surface area contributed by atoms with Crippen LogP contribution in [0.4, 0.5) is 5.69 Å². The zero-order chi connectivity index (χ0) is 13.0. The summed E-state index contributed by atoms with van der Waals surface area (Å²) in [5.41, 5.74) is 7.15. The molecule has 0 radical (unpaired) electrons. The molecule has 0 unspecified atom stereocenters. The molecular weight excluding hydrogens is 284 g/mol. The summed E-state index contributed by atoms with van der Waals surface area (Å²) in [4.78, 5) is 11.9. The van der Waals surface area contributed by atoms with Crippen LogP contribution < -0.4 is 11.3 Å². The SMILES string of the molecule is Cc1c(N)cn(CCOCC(C)C)c(=O)c1Br. The summed E-state index contributed by atoms with van der Waals surface area (Å²) in [6.07, 6.45) is 1.67. The van der Waals surface area contributed by atoms with Gasteiger partial charge in [-0.05, 0) is 34.3 Å². The number of hydrogen-bond donors (Lipinski definition) is 1. The fraction of sp³-hybridized carbons (Fsp3) is 0.583. The van der Waals surface area contributed by atoms with E-state index in [1.165, 1.54) is 0 Å². The lowest BCUT2D eigenvalue weighted by Crippen LogP contribution is -2.24. The van der Waals surface area contributed by atoms with Crippen LogP contribution in [-0.4, -0.2) is 17.8 Å². The predicted molar refractivity (Wildman–Crippen MR) is 73.2 cm³/mol. The average molecular weight is 303 g/mol. The molecule has 17 heavy (non-hydrogen) atoms. The Bertz CT molecular complexity index is 441. The van der Waals surface area contributed by atoms with Crippen molar-refractivity contribution in [2.45, 2.75) is 27.3 Å². The molecule has 1 heterocycles. The van der Waals surface area contributed by atoms with Gasteiger partial charge >= 0.3 is 0 Å². The molecule has 0 aliphatic heterocycles. The molecule has 96 valence electrons. The summed E-state index contributed by atoms with van der Waals surface area (Å²) < 4.78 is 7.55. The summed E-state index contributed by atoms with van der Waals surface area (Å²) in [7, 11) is 0. The number of ether oxygens (including phenoxy) is 1. The van der Waals surface area contributed by atoms with Gasteiger partial charge in [-0.25, -0.2) is 0 Å². The van der Waals surface area contributed by atoms with E-state index in [0.717, 1.165) is 5.56 Å². The van der Waals surface area contributed by atoms with Gasteiger partial charge in [0.15, 0.2) is 0 Å². The normalized spacial score (nSPS) is 11.1. The minimum absolute atomic E-state index is 0.0650. The molecule has 0 aliphatic rings. The molecule has 0 atom stereocenters. The molecule has 1 rings (SSSR count). The highest BCUT2D eigenvalue weighted by atomic mass is 79.9. The lowest BCUT2D eigenvalue weighted by atomic mass is 10.2. The Morgan fingerprint density at radius 3 is 2.76 bits per heavy atom. The van der Waals surface area contributed by atoms with Crippen molar-refractivity contribution in [1.29, 1.82) is 0 Å². The van der Waals surface area contributed by atoms with E-state index in [2.05, 4.69) is 29.8 Å². The van der Waals surface area contributed by atoms with Crippen molar-refractivity contribution in [3.8, 4) is 0 Å². The minimum Gasteiger partial charge on any atom is -0.397 e. The molecule has 0 saturated heterocycles. The molecule has 0 bridgehead atoms. The molecule has 0 amide bonds. The van der Waals surface area contributed by atoms with Crippen LogP contribution in [0.3, 0.4) is 0 Å². The van der Waals surface area contributed by atoms with Gasteiger partial charge in [0.1, 0.15) is 0 Å². The Morgan fingerprint density at radius 2 is 2.18 bits per heavy atom. The molecule has 4 nitrogen and oxygen atoms in total. The standard InChI is InChI=1S/C12H19BrN2O2/c1-8(2)7-17-5-4-15-6-10(14)9(3)11(13)12(15)16/h6,8H,4-5,7,14H2,1-3H3. The lowest BCUT2D eigenvalue weighted by Gasteiger charge is -2.11. The number of aromatic nitrogens is 1. The van der Waals surface area contributed by atoms with Crippen molar-refractivity contribution in [2.75, 3.05) is 18.9 Å². The number of nitrogens with zero attached hydrogens (tertiary/aromatic N) is 1. The zero-order valence-electron chi connectivity index (χ0n) is 10.5. The molecule has 5 heteroatoms. The van der Waals surface area contributed by atoms with Gasteiger partial charge in [-0.15, -0.1) is 0 Å². The number of rotatable bonds is 5. The largest absolute Gasteiger partial charge is 0.397 e. The highest BCUT2D eigenvalue weighted by molar-refractivity contribution is 9.10. The Morgan fingerprint density at radius 1 is 1.53 bits per heavy atom. The maximum absolute atomic E-state index is 11.9. The van der Waals surface area contributed by atoms with E-state index in [0.29, 0.717) is 35.8 Å². The second-order valence-electron chi connectivity index (χ2n) is 4.49. The van der Waals surface area contributed by atoms with E-state index < -0.39 is 0 Å². The van der Waals surface area contributed by atoms with Crippen molar-refractivity contribution in [3.63, 3.8) is 0 Å². The predicted octanol–water partition coefficient (Wildman–Crippen LogP) is 2.17. The Balaban J connectivity index is 2.69.